The number of anilines is 1. The lowest BCUT2D eigenvalue weighted by Crippen LogP contribution is -2.29. The molecule has 0 heterocycles. The molecule has 2 N–H and O–H groups in total. The van der Waals surface area contributed by atoms with Crippen LogP contribution in [0.2, 0.25) is 0 Å². The van der Waals surface area contributed by atoms with Crippen molar-refractivity contribution in [2.24, 2.45) is 0 Å². The summed E-state index contributed by atoms with van der Waals surface area (Å²) in [6.07, 6.45) is 2.14. The molecule has 122 valence electrons. The quantitative estimate of drug-likeness (QED) is 0.607. The third-order valence-corrected chi connectivity index (χ3v) is 4.51. The molecule has 2 rings (SSSR count). The lowest BCUT2D eigenvalue weighted by atomic mass is 10.0. The van der Waals surface area contributed by atoms with Crippen molar-refractivity contribution in [2.75, 3.05) is 11.9 Å². The van der Waals surface area contributed by atoms with Crippen LogP contribution in [-0.4, -0.2) is 11.7 Å². The van der Waals surface area contributed by atoms with Crippen molar-refractivity contribution in [1.29, 1.82) is 0 Å². The fourth-order valence-corrected chi connectivity index (χ4v) is 2.87. The number of benzene rings is 2. The van der Waals surface area contributed by atoms with E-state index in [2.05, 4.69) is 68.7 Å². The maximum absolute atomic E-state index is 5.39. The third-order valence-electron chi connectivity index (χ3n) is 4.26. The molecule has 0 aliphatic carbocycles. The maximum atomic E-state index is 5.39. The molecule has 0 saturated heterocycles. The van der Waals surface area contributed by atoms with E-state index in [0.717, 1.165) is 25.1 Å². The largest absolute Gasteiger partial charge is 0.362 e. The number of hydrogen-bond donors (Lipinski definition) is 2. The van der Waals surface area contributed by atoms with Gasteiger partial charge in [0.1, 0.15) is 0 Å². The molecule has 0 unspecified atom stereocenters. The minimum absolute atomic E-state index is 0.694. The Kier molecular flexibility index (Phi) is 6.17. The summed E-state index contributed by atoms with van der Waals surface area (Å²) in [7, 11) is 0. The zero-order chi connectivity index (χ0) is 16.8. The van der Waals surface area contributed by atoms with Gasteiger partial charge in [0.05, 0.1) is 0 Å². The monoisotopic (exact) mass is 326 g/mol. The summed E-state index contributed by atoms with van der Waals surface area (Å²) >= 11 is 5.39. The van der Waals surface area contributed by atoms with Crippen LogP contribution in [0.3, 0.4) is 0 Å². The van der Waals surface area contributed by atoms with Crippen molar-refractivity contribution in [2.45, 2.75) is 40.5 Å². The Morgan fingerprint density at radius 1 is 1.00 bits per heavy atom. The van der Waals surface area contributed by atoms with Gasteiger partial charge in [0.15, 0.2) is 5.11 Å². The average Bonchev–Trinajstić information content (AvgIpc) is 2.50. The first-order valence-corrected chi connectivity index (χ1v) is 8.55. The third kappa shape index (κ3) is 5.07. The summed E-state index contributed by atoms with van der Waals surface area (Å²) < 4.78 is 0. The van der Waals surface area contributed by atoms with Gasteiger partial charge in [-0.1, -0.05) is 35.9 Å². The van der Waals surface area contributed by atoms with E-state index in [1.54, 1.807) is 0 Å². The molecule has 3 heteroatoms. The minimum atomic E-state index is 0.694. The van der Waals surface area contributed by atoms with E-state index in [4.69, 9.17) is 12.2 Å². The van der Waals surface area contributed by atoms with E-state index in [1.165, 1.54) is 27.8 Å². The van der Waals surface area contributed by atoms with Crippen LogP contribution in [0.5, 0.6) is 0 Å². The molecule has 23 heavy (non-hydrogen) atoms. The topological polar surface area (TPSA) is 24.1 Å². The molecule has 0 fully saturated rings. The summed E-state index contributed by atoms with van der Waals surface area (Å²) in [5.41, 5.74) is 7.71. The van der Waals surface area contributed by atoms with E-state index in [9.17, 15) is 0 Å². The van der Waals surface area contributed by atoms with Gasteiger partial charge < -0.3 is 10.6 Å². The normalized spacial score (nSPS) is 10.4. The minimum Gasteiger partial charge on any atom is -0.362 e. The average molecular weight is 327 g/mol. The van der Waals surface area contributed by atoms with Crippen molar-refractivity contribution >= 4 is 23.0 Å². The number of rotatable bonds is 5. The molecule has 0 amide bonds. The Morgan fingerprint density at radius 3 is 2.52 bits per heavy atom. The highest BCUT2D eigenvalue weighted by Gasteiger charge is 2.03. The van der Waals surface area contributed by atoms with Crippen LogP contribution < -0.4 is 10.6 Å². The van der Waals surface area contributed by atoms with Crippen LogP contribution in [0.15, 0.2) is 36.4 Å². The van der Waals surface area contributed by atoms with Gasteiger partial charge in [-0.05, 0) is 81.1 Å². The molecule has 2 aromatic carbocycles. The maximum Gasteiger partial charge on any atom is 0.170 e. The molecule has 0 saturated carbocycles. The van der Waals surface area contributed by atoms with Crippen molar-refractivity contribution in [3.8, 4) is 0 Å². The van der Waals surface area contributed by atoms with Gasteiger partial charge in [0.2, 0.25) is 0 Å². The molecule has 0 spiro atoms. The Bertz CT molecular complexity index is 692. The fraction of sp³-hybridized carbons (Fsp3) is 0.350. The first-order valence-electron chi connectivity index (χ1n) is 8.14. The molecular formula is C20H26N2S. The van der Waals surface area contributed by atoms with Gasteiger partial charge in [-0.25, -0.2) is 0 Å². The van der Waals surface area contributed by atoms with Crippen LogP contribution in [0.1, 0.15) is 34.2 Å². The van der Waals surface area contributed by atoms with Crippen molar-refractivity contribution in [3.05, 3.63) is 64.2 Å². The van der Waals surface area contributed by atoms with Gasteiger partial charge in [0, 0.05) is 12.2 Å². The van der Waals surface area contributed by atoms with Crippen molar-refractivity contribution in [1.82, 2.24) is 5.32 Å². The smallest absolute Gasteiger partial charge is 0.170 e. The summed E-state index contributed by atoms with van der Waals surface area (Å²) in [5, 5.41) is 7.28. The summed E-state index contributed by atoms with van der Waals surface area (Å²) in [6.45, 7) is 9.42. The van der Waals surface area contributed by atoms with Crippen LogP contribution >= 0.6 is 12.2 Å². The second-order valence-electron chi connectivity index (χ2n) is 6.16. The molecule has 2 nitrogen and oxygen atoms in total. The van der Waals surface area contributed by atoms with Crippen LogP contribution in [0, 0.1) is 27.7 Å². The number of thiocarbonyl (C=S) groups is 1. The van der Waals surface area contributed by atoms with E-state index < -0.39 is 0 Å². The lowest BCUT2D eigenvalue weighted by molar-refractivity contribution is 0.774. The van der Waals surface area contributed by atoms with Crippen LogP contribution in [0.25, 0.3) is 0 Å². The van der Waals surface area contributed by atoms with E-state index in [0.29, 0.717) is 5.11 Å². The summed E-state index contributed by atoms with van der Waals surface area (Å²) in [4.78, 5) is 0. The summed E-state index contributed by atoms with van der Waals surface area (Å²) in [5.74, 6) is 0. The standard InChI is InChI=1S/C20H26N2S/c1-14-10-11-18(16(3)13-14)8-6-12-21-20(23)22-19-9-5-7-15(2)17(19)4/h5,7,9-11,13H,6,8,12H2,1-4H3,(H2,21,22,23). The van der Waals surface area contributed by atoms with E-state index >= 15 is 0 Å². The Labute approximate surface area is 145 Å². The van der Waals surface area contributed by atoms with Gasteiger partial charge in [-0.15, -0.1) is 0 Å². The van der Waals surface area contributed by atoms with E-state index in [-0.39, 0.29) is 0 Å². The number of hydrogen-bond acceptors (Lipinski definition) is 1. The SMILES string of the molecule is Cc1ccc(CCCNC(=S)Nc2cccc(C)c2C)c(C)c1. The molecule has 0 aromatic heterocycles. The second kappa shape index (κ2) is 8.11. The highest BCUT2D eigenvalue weighted by molar-refractivity contribution is 7.80. The zero-order valence-corrected chi connectivity index (χ0v) is 15.3. The lowest BCUT2D eigenvalue weighted by Gasteiger charge is -2.14. The Morgan fingerprint density at radius 2 is 1.78 bits per heavy atom. The first kappa shape index (κ1) is 17.5. The molecule has 0 aliphatic rings. The number of nitrogens with one attached hydrogen (secondary N) is 2. The highest BCUT2D eigenvalue weighted by Crippen LogP contribution is 2.17. The predicted molar refractivity (Wildman–Crippen MR) is 104 cm³/mol. The molecule has 0 radical (unpaired) electrons. The second-order valence-corrected chi connectivity index (χ2v) is 6.57. The number of aryl methyl sites for hydroxylation is 4. The molecule has 0 atom stereocenters. The highest BCUT2D eigenvalue weighted by atomic mass is 32.1. The Balaban J connectivity index is 1.78. The predicted octanol–water partition coefficient (Wildman–Crippen LogP) is 4.84. The Hall–Kier alpha value is -1.87. The van der Waals surface area contributed by atoms with Crippen LogP contribution in [-0.2, 0) is 6.42 Å². The van der Waals surface area contributed by atoms with Crippen molar-refractivity contribution < 1.29 is 0 Å². The van der Waals surface area contributed by atoms with E-state index in [1.807, 2.05) is 6.07 Å². The first-order chi connectivity index (χ1) is 11.0. The molecule has 2 aromatic rings. The van der Waals surface area contributed by atoms with Gasteiger partial charge in [-0.2, -0.15) is 0 Å². The van der Waals surface area contributed by atoms with Crippen LogP contribution in [0.4, 0.5) is 5.69 Å². The van der Waals surface area contributed by atoms with Gasteiger partial charge >= 0.3 is 0 Å². The van der Waals surface area contributed by atoms with Crippen molar-refractivity contribution in [3.63, 3.8) is 0 Å². The molecule has 0 aliphatic heterocycles. The zero-order valence-electron chi connectivity index (χ0n) is 14.5. The molecular weight excluding hydrogens is 300 g/mol. The molecule has 0 bridgehead atoms. The van der Waals surface area contributed by atoms with Gasteiger partial charge in [-0.3, -0.25) is 0 Å². The van der Waals surface area contributed by atoms with Gasteiger partial charge in [0.25, 0.3) is 0 Å². The summed E-state index contributed by atoms with van der Waals surface area (Å²) in [6, 6.07) is 12.9. The fourth-order valence-electron chi connectivity index (χ4n) is 2.66.